The lowest BCUT2D eigenvalue weighted by molar-refractivity contribution is 0.133. The summed E-state index contributed by atoms with van der Waals surface area (Å²) in [6.07, 6.45) is 0.777. The third kappa shape index (κ3) is 2.16. The largest absolute Gasteiger partial charge is 0.387 e. The highest BCUT2D eigenvalue weighted by atomic mass is 19.1. The first kappa shape index (κ1) is 10.5. The second-order valence-corrected chi connectivity index (χ2v) is 3.81. The van der Waals surface area contributed by atoms with Crippen LogP contribution in [-0.4, -0.2) is 17.7 Å². The van der Waals surface area contributed by atoms with E-state index in [9.17, 15) is 13.9 Å². The summed E-state index contributed by atoms with van der Waals surface area (Å²) >= 11 is 0. The van der Waals surface area contributed by atoms with Gasteiger partial charge in [0.1, 0.15) is 11.6 Å². The molecule has 2 nitrogen and oxygen atoms in total. The summed E-state index contributed by atoms with van der Waals surface area (Å²) in [4.78, 5) is 0. The number of nitrogens with one attached hydrogen (secondary N) is 1. The van der Waals surface area contributed by atoms with Gasteiger partial charge in [0.25, 0.3) is 0 Å². The molecule has 1 aliphatic heterocycles. The SMILES string of the molecule is O[C@H](c1cc(F)ccc1F)[C@@H]1CCCN1. The number of hydrogen-bond acceptors (Lipinski definition) is 2. The van der Waals surface area contributed by atoms with Gasteiger partial charge in [-0.2, -0.15) is 0 Å². The van der Waals surface area contributed by atoms with Gasteiger partial charge in [0, 0.05) is 11.6 Å². The standard InChI is InChI=1S/C11H13F2NO/c12-7-3-4-9(13)8(6-7)11(15)10-2-1-5-14-10/h3-4,6,10-11,14-15H,1-2,5H2/t10-,11+/m0/s1. The van der Waals surface area contributed by atoms with Crippen molar-refractivity contribution in [1.29, 1.82) is 0 Å². The Kier molecular flexibility index (Phi) is 2.98. The van der Waals surface area contributed by atoms with Crippen molar-refractivity contribution < 1.29 is 13.9 Å². The molecule has 2 atom stereocenters. The number of aliphatic hydroxyl groups is 1. The van der Waals surface area contributed by atoms with E-state index in [-0.39, 0.29) is 11.6 Å². The molecule has 2 rings (SSSR count). The molecule has 0 aliphatic carbocycles. The molecule has 0 amide bonds. The number of hydrogen-bond donors (Lipinski definition) is 2. The average molecular weight is 213 g/mol. The van der Waals surface area contributed by atoms with Crippen molar-refractivity contribution in [3.63, 3.8) is 0 Å². The Morgan fingerprint density at radius 2 is 2.20 bits per heavy atom. The smallest absolute Gasteiger partial charge is 0.129 e. The summed E-state index contributed by atoms with van der Waals surface area (Å²) in [6, 6.07) is 2.98. The monoisotopic (exact) mass is 213 g/mol. The van der Waals surface area contributed by atoms with E-state index >= 15 is 0 Å². The van der Waals surface area contributed by atoms with Gasteiger partial charge < -0.3 is 10.4 Å². The average Bonchev–Trinajstić information content (AvgIpc) is 2.74. The molecule has 1 aromatic rings. The summed E-state index contributed by atoms with van der Waals surface area (Å²) in [5.74, 6) is -1.08. The molecule has 0 radical (unpaired) electrons. The predicted molar refractivity (Wildman–Crippen MR) is 52.3 cm³/mol. The molecule has 1 aromatic carbocycles. The molecule has 1 heterocycles. The fourth-order valence-electron chi connectivity index (χ4n) is 1.94. The fraction of sp³-hybridized carbons (Fsp3) is 0.455. The van der Waals surface area contributed by atoms with Crippen molar-refractivity contribution in [3.05, 3.63) is 35.4 Å². The molecule has 1 aliphatic rings. The molecule has 0 aromatic heterocycles. The van der Waals surface area contributed by atoms with Crippen molar-refractivity contribution in [2.75, 3.05) is 6.54 Å². The Balaban J connectivity index is 2.23. The van der Waals surface area contributed by atoms with E-state index < -0.39 is 17.7 Å². The van der Waals surface area contributed by atoms with Crippen molar-refractivity contribution in [2.24, 2.45) is 0 Å². The van der Waals surface area contributed by atoms with Gasteiger partial charge in [-0.1, -0.05) is 0 Å². The van der Waals surface area contributed by atoms with E-state index in [4.69, 9.17) is 0 Å². The summed E-state index contributed by atoms with van der Waals surface area (Å²) < 4.78 is 26.2. The van der Waals surface area contributed by atoms with Crippen molar-refractivity contribution in [1.82, 2.24) is 5.32 Å². The molecule has 0 spiro atoms. The van der Waals surface area contributed by atoms with E-state index in [1.54, 1.807) is 0 Å². The summed E-state index contributed by atoms with van der Waals surface area (Å²) in [5.41, 5.74) is 0.0365. The van der Waals surface area contributed by atoms with Crippen LogP contribution in [0.5, 0.6) is 0 Å². The first-order valence-corrected chi connectivity index (χ1v) is 5.05. The van der Waals surface area contributed by atoms with E-state index in [1.807, 2.05) is 0 Å². The second-order valence-electron chi connectivity index (χ2n) is 3.81. The molecular weight excluding hydrogens is 200 g/mol. The normalized spacial score (nSPS) is 23.0. The lowest BCUT2D eigenvalue weighted by Gasteiger charge is -2.19. The van der Waals surface area contributed by atoms with Crippen LogP contribution in [0.3, 0.4) is 0 Å². The minimum Gasteiger partial charge on any atom is -0.387 e. The summed E-state index contributed by atoms with van der Waals surface area (Å²) in [7, 11) is 0. The number of rotatable bonds is 2. The Hall–Kier alpha value is -1.00. The Bertz CT molecular complexity index is 350. The number of benzene rings is 1. The highest BCUT2D eigenvalue weighted by Crippen LogP contribution is 2.25. The molecule has 15 heavy (non-hydrogen) atoms. The lowest BCUT2D eigenvalue weighted by atomic mass is 10.0. The van der Waals surface area contributed by atoms with Crippen LogP contribution in [0.4, 0.5) is 8.78 Å². The lowest BCUT2D eigenvalue weighted by Crippen LogP contribution is -2.29. The molecule has 0 saturated carbocycles. The van der Waals surface area contributed by atoms with Gasteiger partial charge in [-0.25, -0.2) is 8.78 Å². The van der Waals surface area contributed by atoms with Crippen molar-refractivity contribution in [3.8, 4) is 0 Å². The van der Waals surface area contributed by atoms with E-state index in [0.29, 0.717) is 0 Å². The van der Waals surface area contributed by atoms with Gasteiger partial charge in [0.2, 0.25) is 0 Å². The summed E-state index contributed by atoms with van der Waals surface area (Å²) in [5, 5.41) is 12.9. The van der Waals surface area contributed by atoms with Crippen LogP contribution >= 0.6 is 0 Å². The highest BCUT2D eigenvalue weighted by molar-refractivity contribution is 5.22. The Morgan fingerprint density at radius 3 is 2.87 bits per heavy atom. The van der Waals surface area contributed by atoms with Gasteiger partial charge in [-0.15, -0.1) is 0 Å². The second kappa shape index (κ2) is 4.24. The van der Waals surface area contributed by atoms with Gasteiger partial charge in [-0.3, -0.25) is 0 Å². The minimum absolute atomic E-state index is 0.0365. The molecule has 2 N–H and O–H groups in total. The van der Waals surface area contributed by atoms with Crippen LogP contribution in [0.2, 0.25) is 0 Å². The van der Waals surface area contributed by atoms with Crippen molar-refractivity contribution >= 4 is 0 Å². The first-order chi connectivity index (χ1) is 7.18. The third-order valence-corrected chi connectivity index (χ3v) is 2.76. The zero-order valence-corrected chi connectivity index (χ0v) is 8.21. The van der Waals surface area contributed by atoms with Crippen LogP contribution in [0.15, 0.2) is 18.2 Å². The van der Waals surface area contributed by atoms with Crippen LogP contribution in [0.1, 0.15) is 24.5 Å². The molecule has 0 unspecified atom stereocenters. The molecule has 4 heteroatoms. The quantitative estimate of drug-likeness (QED) is 0.784. The minimum atomic E-state index is -0.969. The molecule has 0 bridgehead atoms. The molecule has 1 saturated heterocycles. The van der Waals surface area contributed by atoms with Crippen LogP contribution < -0.4 is 5.32 Å². The van der Waals surface area contributed by atoms with Crippen molar-refractivity contribution in [2.45, 2.75) is 25.0 Å². The van der Waals surface area contributed by atoms with Crippen LogP contribution in [-0.2, 0) is 0 Å². The van der Waals surface area contributed by atoms with E-state index in [1.165, 1.54) is 0 Å². The first-order valence-electron chi connectivity index (χ1n) is 5.05. The van der Waals surface area contributed by atoms with Gasteiger partial charge in [0.15, 0.2) is 0 Å². The predicted octanol–water partition coefficient (Wildman–Crippen LogP) is 1.75. The third-order valence-electron chi connectivity index (χ3n) is 2.76. The van der Waals surface area contributed by atoms with Gasteiger partial charge in [-0.05, 0) is 37.6 Å². The zero-order chi connectivity index (χ0) is 10.8. The summed E-state index contributed by atoms with van der Waals surface area (Å²) in [6.45, 7) is 0.818. The van der Waals surface area contributed by atoms with E-state index in [2.05, 4.69) is 5.32 Å². The number of aliphatic hydroxyl groups excluding tert-OH is 1. The van der Waals surface area contributed by atoms with E-state index in [0.717, 1.165) is 37.6 Å². The zero-order valence-electron chi connectivity index (χ0n) is 8.21. The highest BCUT2D eigenvalue weighted by Gasteiger charge is 2.26. The maximum atomic E-state index is 13.3. The molecule has 1 fully saturated rings. The van der Waals surface area contributed by atoms with Gasteiger partial charge >= 0.3 is 0 Å². The topological polar surface area (TPSA) is 32.3 Å². The molecular formula is C11H13F2NO. The van der Waals surface area contributed by atoms with Crippen LogP contribution in [0, 0.1) is 11.6 Å². The van der Waals surface area contributed by atoms with Crippen LogP contribution in [0.25, 0.3) is 0 Å². The Morgan fingerprint density at radius 1 is 1.40 bits per heavy atom. The Labute approximate surface area is 86.9 Å². The van der Waals surface area contributed by atoms with Gasteiger partial charge in [0.05, 0.1) is 6.10 Å². The maximum Gasteiger partial charge on any atom is 0.129 e. The maximum absolute atomic E-state index is 13.3. The number of halogens is 2. The molecule has 82 valence electrons. The fourth-order valence-corrected chi connectivity index (χ4v) is 1.94.